The molecule has 0 spiro atoms. The fraction of sp³-hybridized carbons (Fsp3) is 0.222. The van der Waals surface area contributed by atoms with Gasteiger partial charge in [0.1, 0.15) is 5.75 Å². The van der Waals surface area contributed by atoms with Gasteiger partial charge >= 0.3 is 12.1 Å². The third-order valence-corrected chi connectivity index (χ3v) is 1.58. The van der Waals surface area contributed by atoms with Gasteiger partial charge in [-0.25, -0.2) is 10.3 Å². The predicted octanol–water partition coefficient (Wildman–Crippen LogP) is 2.13. The fourth-order valence-corrected chi connectivity index (χ4v) is 0.822. The molecule has 88 valence electrons. The molecule has 0 aliphatic rings. The molecule has 1 rings (SSSR count). The summed E-state index contributed by atoms with van der Waals surface area (Å²) >= 11 is 0. The lowest BCUT2D eigenvalue weighted by molar-refractivity contribution is -0.196. The van der Waals surface area contributed by atoms with Crippen LogP contribution >= 0.6 is 0 Å². The van der Waals surface area contributed by atoms with Gasteiger partial charge in [-0.05, 0) is 24.3 Å². The van der Waals surface area contributed by atoms with E-state index in [0.717, 1.165) is 0 Å². The number of rotatable bonds is 3. The van der Waals surface area contributed by atoms with E-state index in [4.69, 9.17) is 4.74 Å². The number of anilines is 1. The second-order valence-corrected chi connectivity index (χ2v) is 2.72. The van der Waals surface area contributed by atoms with E-state index in [0.29, 0.717) is 5.75 Å². The van der Waals surface area contributed by atoms with Gasteiger partial charge in [0.05, 0.1) is 12.8 Å². The van der Waals surface area contributed by atoms with E-state index in [-0.39, 0.29) is 5.69 Å². The number of nitrogens with one attached hydrogen (secondary N) is 1. The van der Waals surface area contributed by atoms with Crippen LogP contribution < -0.4 is 10.2 Å². The summed E-state index contributed by atoms with van der Waals surface area (Å²) in [6, 6.07) is 5.82. The van der Waals surface area contributed by atoms with Crippen molar-refractivity contribution in [1.29, 1.82) is 0 Å². The Balaban J connectivity index is 2.52. The molecule has 0 aliphatic carbocycles. The first-order valence-corrected chi connectivity index (χ1v) is 4.11. The van der Waals surface area contributed by atoms with Crippen LogP contribution in [0.15, 0.2) is 24.3 Å². The molecular weight excluding hydrogens is 227 g/mol. The van der Waals surface area contributed by atoms with Gasteiger partial charge in [0.25, 0.3) is 0 Å². The number of alkyl halides is 3. The van der Waals surface area contributed by atoms with Crippen LogP contribution in [0.2, 0.25) is 0 Å². The zero-order valence-electron chi connectivity index (χ0n) is 8.17. The van der Waals surface area contributed by atoms with Gasteiger partial charge < -0.3 is 9.57 Å². The Bertz CT molecular complexity index is 361. The Morgan fingerprint density at radius 2 is 1.81 bits per heavy atom. The predicted molar refractivity (Wildman–Crippen MR) is 48.8 cm³/mol. The molecule has 4 nitrogen and oxygen atoms in total. The molecule has 0 saturated carbocycles. The van der Waals surface area contributed by atoms with Crippen LogP contribution in [0, 0.1) is 0 Å². The van der Waals surface area contributed by atoms with E-state index in [1.165, 1.54) is 31.4 Å². The molecule has 0 saturated heterocycles. The van der Waals surface area contributed by atoms with Crippen molar-refractivity contribution in [3.8, 4) is 5.75 Å². The van der Waals surface area contributed by atoms with Gasteiger partial charge in [0, 0.05) is 0 Å². The zero-order valence-corrected chi connectivity index (χ0v) is 8.17. The third kappa shape index (κ3) is 3.34. The van der Waals surface area contributed by atoms with Gasteiger partial charge in [-0.2, -0.15) is 13.2 Å². The van der Waals surface area contributed by atoms with Crippen LogP contribution in [0.4, 0.5) is 18.9 Å². The van der Waals surface area contributed by atoms with Crippen LogP contribution in [-0.4, -0.2) is 19.3 Å². The van der Waals surface area contributed by atoms with Gasteiger partial charge in [-0.3, -0.25) is 0 Å². The summed E-state index contributed by atoms with van der Waals surface area (Å²) in [6.45, 7) is 0. The molecule has 0 fully saturated rings. The van der Waals surface area contributed by atoms with Crippen molar-refractivity contribution in [3.05, 3.63) is 24.3 Å². The number of halogens is 3. The second-order valence-electron chi connectivity index (χ2n) is 2.72. The molecule has 0 radical (unpaired) electrons. The Morgan fingerprint density at radius 1 is 1.25 bits per heavy atom. The molecule has 0 heterocycles. The van der Waals surface area contributed by atoms with Crippen molar-refractivity contribution in [1.82, 2.24) is 0 Å². The molecule has 1 aromatic rings. The highest BCUT2D eigenvalue weighted by molar-refractivity contribution is 5.76. The minimum atomic E-state index is -5.01. The summed E-state index contributed by atoms with van der Waals surface area (Å²) in [6.07, 6.45) is -5.01. The lowest BCUT2D eigenvalue weighted by atomic mass is 10.3. The van der Waals surface area contributed by atoms with Gasteiger partial charge in [-0.15, -0.1) is 0 Å². The second kappa shape index (κ2) is 4.73. The Hall–Kier alpha value is -1.92. The fourth-order valence-electron chi connectivity index (χ4n) is 0.822. The van der Waals surface area contributed by atoms with Crippen molar-refractivity contribution in [2.45, 2.75) is 6.18 Å². The Morgan fingerprint density at radius 3 is 2.25 bits per heavy atom. The van der Waals surface area contributed by atoms with Gasteiger partial charge in [0.15, 0.2) is 0 Å². The number of hydrogen-bond acceptors (Lipinski definition) is 4. The van der Waals surface area contributed by atoms with Crippen LogP contribution in [0.25, 0.3) is 0 Å². The Labute approximate surface area is 88.9 Å². The summed E-state index contributed by atoms with van der Waals surface area (Å²) in [4.78, 5) is 14.1. The maximum atomic E-state index is 11.7. The van der Waals surface area contributed by atoms with Gasteiger partial charge in [0.2, 0.25) is 0 Å². The average molecular weight is 235 g/mol. The van der Waals surface area contributed by atoms with Crippen molar-refractivity contribution < 1.29 is 27.5 Å². The van der Waals surface area contributed by atoms with E-state index in [1.54, 1.807) is 0 Å². The van der Waals surface area contributed by atoms with Crippen molar-refractivity contribution in [3.63, 3.8) is 0 Å². The lowest BCUT2D eigenvalue weighted by Crippen LogP contribution is -2.27. The van der Waals surface area contributed by atoms with Crippen molar-refractivity contribution >= 4 is 11.7 Å². The maximum Gasteiger partial charge on any atom is 0.493 e. The molecule has 1 aromatic carbocycles. The number of carbonyl (C=O) groups is 1. The highest BCUT2D eigenvalue weighted by Gasteiger charge is 2.41. The molecule has 16 heavy (non-hydrogen) atoms. The van der Waals surface area contributed by atoms with E-state index in [9.17, 15) is 18.0 Å². The summed E-state index contributed by atoms with van der Waals surface area (Å²) in [5, 5.41) is 0. The molecule has 0 bridgehead atoms. The smallest absolute Gasteiger partial charge is 0.493 e. The summed E-state index contributed by atoms with van der Waals surface area (Å²) < 4.78 is 40.0. The van der Waals surface area contributed by atoms with Crippen molar-refractivity contribution in [2.75, 3.05) is 12.6 Å². The molecule has 0 aromatic heterocycles. The molecule has 0 amide bonds. The SMILES string of the molecule is COc1ccc(NOC(=O)C(F)(F)F)cc1. The molecule has 0 aliphatic heterocycles. The first-order chi connectivity index (χ1) is 7.43. The van der Waals surface area contributed by atoms with Crippen LogP contribution in [-0.2, 0) is 9.63 Å². The molecule has 0 atom stereocenters. The quantitative estimate of drug-likeness (QED) is 0.815. The minimum absolute atomic E-state index is 0.207. The normalized spacial score (nSPS) is 10.8. The molecule has 1 N–H and O–H groups in total. The monoisotopic (exact) mass is 235 g/mol. The third-order valence-electron chi connectivity index (χ3n) is 1.58. The molecule has 0 unspecified atom stereocenters. The zero-order chi connectivity index (χ0) is 12.2. The minimum Gasteiger partial charge on any atom is -0.497 e. The first kappa shape index (κ1) is 12.2. The first-order valence-electron chi connectivity index (χ1n) is 4.11. The Kier molecular flexibility index (Phi) is 3.60. The highest BCUT2D eigenvalue weighted by Crippen LogP contribution is 2.18. The van der Waals surface area contributed by atoms with Crippen LogP contribution in [0.3, 0.4) is 0 Å². The highest BCUT2D eigenvalue weighted by atomic mass is 19.4. The number of ether oxygens (including phenoxy) is 1. The van der Waals surface area contributed by atoms with E-state index in [1.807, 2.05) is 5.48 Å². The summed E-state index contributed by atoms with van der Waals surface area (Å²) in [5.74, 6) is -1.77. The van der Waals surface area contributed by atoms with Crippen LogP contribution in [0.1, 0.15) is 0 Å². The number of carbonyl (C=O) groups excluding carboxylic acids is 1. The standard InChI is InChI=1S/C9H8F3NO3/c1-15-7-4-2-6(3-5-7)13-16-8(14)9(10,11)12/h2-5,13H,1H3. The van der Waals surface area contributed by atoms with E-state index in [2.05, 4.69) is 4.84 Å². The molecule has 7 heteroatoms. The molecular formula is C9H8F3NO3. The summed E-state index contributed by atoms with van der Waals surface area (Å²) in [7, 11) is 1.45. The number of hydrogen-bond donors (Lipinski definition) is 1. The van der Waals surface area contributed by atoms with Crippen LogP contribution in [0.5, 0.6) is 5.75 Å². The number of methoxy groups -OCH3 is 1. The number of benzene rings is 1. The topological polar surface area (TPSA) is 47.6 Å². The lowest BCUT2D eigenvalue weighted by Gasteiger charge is -2.08. The van der Waals surface area contributed by atoms with Crippen molar-refractivity contribution in [2.24, 2.45) is 0 Å². The summed E-state index contributed by atoms with van der Waals surface area (Å²) in [5.41, 5.74) is 2.08. The maximum absolute atomic E-state index is 11.7. The van der Waals surface area contributed by atoms with E-state index < -0.39 is 12.1 Å². The van der Waals surface area contributed by atoms with E-state index >= 15 is 0 Å². The van der Waals surface area contributed by atoms with Gasteiger partial charge in [-0.1, -0.05) is 0 Å². The average Bonchev–Trinajstić information content (AvgIpc) is 2.25. The largest absolute Gasteiger partial charge is 0.497 e.